The van der Waals surface area contributed by atoms with E-state index >= 15 is 0 Å². The number of aryl methyl sites for hydroxylation is 1. The molecule has 2 heterocycles. The highest BCUT2D eigenvalue weighted by molar-refractivity contribution is 6.04. The summed E-state index contributed by atoms with van der Waals surface area (Å²) in [6, 6.07) is 9.22. The Morgan fingerprint density at radius 1 is 1.13 bits per heavy atom. The number of nitrogens with one attached hydrogen (secondary N) is 3. The van der Waals surface area contributed by atoms with Crippen LogP contribution in [-0.4, -0.2) is 53.2 Å². The normalized spacial score (nSPS) is 15.0. The fourth-order valence-electron chi connectivity index (χ4n) is 4.14. The van der Waals surface area contributed by atoms with E-state index in [2.05, 4.69) is 20.5 Å². The number of hydrogen-bond acceptors (Lipinski definition) is 4. The van der Waals surface area contributed by atoms with Crippen molar-refractivity contribution in [3.8, 4) is 0 Å². The van der Waals surface area contributed by atoms with Gasteiger partial charge >= 0.3 is 6.03 Å². The summed E-state index contributed by atoms with van der Waals surface area (Å²) in [7, 11) is 0. The summed E-state index contributed by atoms with van der Waals surface area (Å²) in [5.41, 5.74) is 3.54. The molecule has 0 saturated carbocycles. The number of likely N-dealkylation sites (tertiary alicyclic amines) is 1. The molecule has 0 radical (unpaired) electrons. The maximum atomic E-state index is 12.9. The number of urea groups is 1. The minimum atomic E-state index is -0.207. The molecule has 1 aliphatic rings. The van der Waals surface area contributed by atoms with Gasteiger partial charge in [-0.1, -0.05) is 25.1 Å². The average Bonchev–Trinajstić information content (AvgIpc) is 3.07. The van der Waals surface area contributed by atoms with Crippen molar-refractivity contribution in [2.75, 3.05) is 25.0 Å². The maximum absolute atomic E-state index is 12.9. The number of piperidine rings is 1. The van der Waals surface area contributed by atoms with E-state index in [4.69, 9.17) is 0 Å². The molecule has 0 spiro atoms. The highest BCUT2D eigenvalue weighted by atomic mass is 16.2. The predicted molar refractivity (Wildman–Crippen MR) is 117 cm³/mol. The van der Waals surface area contributed by atoms with Gasteiger partial charge in [0.2, 0.25) is 0 Å². The molecule has 160 valence electrons. The molecule has 30 heavy (non-hydrogen) atoms. The Morgan fingerprint density at radius 3 is 2.40 bits per heavy atom. The number of H-pyrrole nitrogens is 1. The lowest BCUT2D eigenvalue weighted by atomic mass is 10.0. The molecule has 3 N–H and O–H groups in total. The van der Waals surface area contributed by atoms with Crippen LogP contribution in [0.1, 0.15) is 58.8 Å². The summed E-state index contributed by atoms with van der Waals surface area (Å²) in [6.07, 6.45) is 2.22. The Kier molecular flexibility index (Phi) is 7.05. The van der Waals surface area contributed by atoms with Crippen LogP contribution in [-0.2, 0) is 6.42 Å². The highest BCUT2D eigenvalue weighted by Crippen LogP contribution is 2.21. The topological polar surface area (TPSA) is 94.3 Å². The van der Waals surface area contributed by atoms with Gasteiger partial charge in [-0.3, -0.25) is 14.5 Å². The number of carbonyl (C=O) groups is 3. The molecular formula is C23H30N4O3. The lowest BCUT2D eigenvalue weighted by Crippen LogP contribution is -2.47. The third-order valence-electron chi connectivity index (χ3n) is 5.60. The van der Waals surface area contributed by atoms with Crippen molar-refractivity contribution in [1.82, 2.24) is 15.2 Å². The van der Waals surface area contributed by atoms with E-state index in [9.17, 15) is 14.4 Å². The Morgan fingerprint density at radius 2 is 1.80 bits per heavy atom. The number of ketones is 2. The van der Waals surface area contributed by atoms with E-state index in [1.165, 1.54) is 6.92 Å². The molecule has 1 saturated heterocycles. The largest absolute Gasteiger partial charge is 0.355 e. The van der Waals surface area contributed by atoms with Crippen molar-refractivity contribution in [2.24, 2.45) is 0 Å². The van der Waals surface area contributed by atoms with Crippen molar-refractivity contribution in [2.45, 2.75) is 46.1 Å². The van der Waals surface area contributed by atoms with Gasteiger partial charge in [0.15, 0.2) is 11.6 Å². The lowest BCUT2D eigenvalue weighted by Gasteiger charge is -2.31. The number of anilines is 1. The van der Waals surface area contributed by atoms with E-state index in [0.29, 0.717) is 24.2 Å². The lowest BCUT2D eigenvalue weighted by molar-refractivity contribution is 0.0900. The van der Waals surface area contributed by atoms with Crippen molar-refractivity contribution in [3.63, 3.8) is 0 Å². The second-order valence-electron chi connectivity index (χ2n) is 7.83. The van der Waals surface area contributed by atoms with Gasteiger partial charge in [-0.15, -0.1) is 0 Å². The van der Waals surface area contributed by atoms with Crippen LogP contribution in [0.15, 0.2) is 30.3 Å². The molecule has 0 aliphatic carbocycles. The molecule has 1 aliphatic heterocycles. The van der Waals surface area contributed by atoms with Gasteiger partial charge in [-0.05, 0) is 50.8 Å². The van der Waals surface area contributed by atoms with Crippen LogP contribution in [0.3, 0.4) is 0 Å². The zero-order valence-corrected chi connectivity index (χ0v) is 17.9. The predicted octanol–water partition coefficient (Wildman–Crippen LogP) is 3.56. The molecule has 1 fully saturated rings. The van der Waals surface area contributed by atoms with Crippen LogP contribution < -0.4 is 10.6 Å². The number of rotatable bonds is 7. The van der Waals surface area contributed by atoms with E-state index in [0.717, 1.165) is 42.9 Å². The third-order valence-corrected chi connectivity index (χ3v) is 5.60. The van der Waals surface area contributed by atoms with E-state index in [-0.39, 0.29) is 23.6 Å². The molecule has 3 rings (SSSR count). The van der Waals surface area contributed by atoms with Gasteiger partial charge in [-0.25, -0.2) is 4.79 Å². The molecule has 2 amide bonds. The Bertz CT molecular complexity index is 912. The smallest absolute Gasteiger partial charge is 0.319 e. The van der Waals surface area contributed by atoms with Gasteiger partial charge < -0.3 is 15.6 Å². The minimum absolute atomic E-state index is 0.00989. The third kappa shape index (κ3) is 5.16. The minimum Gasteiger partial charge on any atom is -0.355 e. The molecule has 7 heteroatoms. The monoisotopic (exact) mass is 410 g/mol. The van der Waals surface area contributed by atoms with Gasteiger partial charge in [0.1, 0.15) is 0 Å². The molecule has 7 nitrogen and oxygen atoms in total. The molecule has 2 aromatic rings. The van der Waals surface area contributed by atoms with Crippen molar-refractivity contribution >= 4 is 23.3 Å². The molecular weight excluding hydrogens is 380 g/mol. The van der Waals surface area contributed by atoms with Crippen LogP contribution in [0.2, 0.25) is 0 Å². The summed E-state index contributed by atoms with van der Waals surface area (Å²) in [5.74, 6) is -0.00371. The van der Waals surface area contributed by atoms with Crippen molar-refractivity contribution in [1.29, 1.82) is 0 Å². The standard InChI is InChI=1S/C23H30N4O3/c1-4-19-21(16(3)28)15(2)24-22(19)20(29)14-27-12-10-18(11-13-27)26-23(30)25-17-8-6-5-7-9-17/h5-9,18,24H,4,10-14H2,1-3H3,(H2,25,26,30). The second-order valence-corrected chi connectivity index (χ2v) is 7.83. The Balaban J connectivity index is 1.51. The fraction of sp³-hybridized carbons (Fsp3) is 0.435. The van der Waals surface area contributed by atoms with Gasteiger partial charge in [-0.2, -0.15) is 0 Å². The molecule has 0 unspecified atom stereocenters. The number of para-hydroxylation sites is 1. The molecule has 0 atom stereocenters. The molecule has 1 aromatic heterocycles. The van der Waals surface area contributed by atoms with Crippen molar-refractivity contribution in [3.05, 3.63) is 52.8 Å². The second kappa shape index (κ2) is 9.71. The summed E-state index contributed by atoms with van der Waals surface area (Å²) in [5, 5.41) is 5.84. The number of Topliss-reactive ketones (excluding diaryl/α,β-unsaturated/α-hetero) is 2. The van der Waals surface area contributed by atoms with Crippen LogP contribution in [0, 0.1) is 6.92 Å². The number of amides is 2. The van der Waals surface area contributed by atoms with E-state index < -0.39 is 0 Å². The summed E-state index contributed by atoms with van der Waals surface area (Å²) >= 11 is 0. The Labute approximate surface area is 177 Å². The fourth-order valence-corrected chi connectivity index (χ4v) is 4.14. The number of aromatic amines is 1. The molecule has 1 aromatic carbocycles. The van der Waals surface area contributed by atoms with Gasteiger partial charge in [0.25, 0.3) is 0 Å². The summed E-state index contributed by atoms with van der Waals surface area (Å²) in [6.45, 7) is 7.13. The first kappa shape index (κ1) is 21.8. The number of carbonyl (C=O) groups excluding carboxylic acids is 3. The van der Waals surface area contributed by atoms with Crippen LogP contribution in [0.25, 0.3) is 0 Å². The summed E-state index contributed by atoms with van der Waals surface area (Å²) in [4.78, 5) is 42.2. The van der Waals surface area contributed by atoms with Gasteiger partial charge in [0.05, 0.1) is 12.2 Å². The number of nitrogens with zero attached hydrogens (tertiary/aromatic N) is 1. The van der Waals surface area contributed by atoms with E-state index in [1.807, 2.05) is 44.2 Å². The summed E-state index contributed by atoms with van der Waals surface area (Å²) < 4.78 is 0. The van der Waals surface area contributed by atoms with E-state index in [1.54, 1.807) is 0 Å². The van der Waals surface area contributed by atoms with Crippen molar-refractivity contribution < 1.29 is 14.4 Å². The Hall–Kier alpha value is -2.93. The quantitative estimate of drug-likeness (QED) is 0.609. The average molecular weight is 411 g/mol. The zero-order chi connectivity index (χ0) is 21.7. The van der Waals surface area contributed by atoms with Crippen LogP contribution >= 0.6 is 0 Å². The maximum Gasteiger partial charge on any atom is 0.319 e. The first-order chi connectivity index (χ1) is 14.4. The number of aromatic nitrogens is 1. The van der Waals surface area contributed by atoms with Crippen LogP contribution in [0.5, 0.6) is 0 Å². The number of hydrogen-bond donors (Lipinski definition) is 3. The SMILES string of the molecule is CCc1c(C(=O)CN2CCC(NC(=O)Nc3ccccc3)CC2)[nH]c(C)c1C(C)=O. The zero-order valence-electron chi connectivity index (χ0n) is 17.9. The first-order valence-electron chi connectivity index (χ1n) is 10.5. The van der Waals surface area contributed by atoms with Gasteiger partial charge in [0, 0.05) is 36.1 Å². The first-order valence-corrected chi connectivity index (χ1v) is 10.5. The molecule has 0 bridgehead atoms. The highest BCUT2D eigenvalue weighted by Gasteiger charge is 2.26. The number of benzene rings is 1. The van der Waals surface area contributed by atoms with Crippen LogP contribution in [0.4, 0.5) is 10.5 Å².